The van der Waals surface area contributed by atoms with E-state index in [1.807, 2.05) is 0 Å². The van der Waals surface area contributed by atoms with Crippen LogP contribution in [0, 0.1) is 11.7 Å². The number of urea groups is 1. The SMILES string of the molecule is CN(C)S(=O)(=O)C[C@@H]1COC[C@H]1NC(=O)NCc1cccc(F)c1. The first-order valence-electron chi connectivity index (χ1n) is 7.54. The maximum Gasteiger partial charge on any atom is 0.315 e. The first-order chi connectivity index (χ1) is 11.3. The Morgan fingerprint density at radius 3 is 2.79 bits per heavy atom. The minimum atomic E-state index is -3.37. The molecular formula is C15H22FN3O4S. The minimum absolute atomic E-state index is 0.0884. The van der Waals surface area contributed by atoms with Gasteiger partial charge in [-0.1, -0.05) is 12.1 Å². The molecule has 0 spiro atoms. The Bertz CT molecular complexity index is 681. The molecule has 2 atom stereocenters. The summed E-state index contributed by atoms with van der Waals surface area (Å²) in [4.78, 5) is 12.0. The molecule has 1 heterocycles. The van der Waals surface area contributed by atoms with Gasteiger partial charge in [0.15, 0.2) is 0 Å². The van der Waals surface area contributed by atoms with E-state index in [0.717, 1.165) is 4.31 Å². The molecule has 1 aromatic carbocycles. The van der Waals surface area contributed by atoms with Gasteiger partial charge in [0.2, 0.25) is 10.0 Å². The number of halogens is 1. The number of ether oxygens (including phenoxy) is 1. The van der Waals surface area contributed by atoms with Crippen LogP contribution >= 0.6 is 0 Å². The molecule has 24 heavy (non-hydrogen) atoms. The second kappa shape index (κ2) is 7.91. The molecule has 134 valence electrons. The van der Waals surface area contributed by atoms with Crippen molar-refractivity contribution in [3.63, 3.8) is 0 Å². The fourth-order valence-corrected chi connectivity index (χ4v) is 3.56. The van der Waals surface area contributed by atoms with Crippen molar-refractivity contribution in [1.82, 2.24) is 14.9 Å². The molecule has 7 nitrogen and oxygen atoms in total. The lowest BCUT2D eigenvalue weighted by molar-refractivity contribution is 0.183. The van der Waals surface area contributed by atoms with Crippen LogP contribution in [0.3, 0.4) is 0 Å². The third kappa shape index (κ3) is 5.15. The third-order valence-electron chi connectivity index (χ3n) is 3.84. The minimum Gasteiger partial charge on any atom is -0.379 e. The lowest BCUT2D eigenvalue weighted by Crippen LogP contribution is -2.47. The molecule has 2 amide bonds. The van der Waals surface area contributed by atoms with Gasteiger partial charge in [0.25, 0.3) is 0 Å². The Morgan fingerprint density at radius 2 is 2.12 bits per heavy atom. The molecule has 1 aliphatic heterocycles. The number of sulfonamides is 1. The second-order valence-corrected chi connectivity index (χ2v) is 8.15. The van der Waals surface area contributed by atoms with Crippen LogP contribution < -0.4 is 10.6 Å². The van der Waals surface area contributed by atoms with Crippen LogP contribution in [-0.2, 0) is 21.3 Å². The maximum atomic E-state index is 13.1. The number of carbonyl (C=O) groups excluding carboxylic acids is 1. The summed E-state index contributed by atoms with van der Waals surface area (Å²) >= 11 is 0. The van der Waals surface area contributed by atoms with E-state index in [0.29, 0.717) is 5.56 Å². The highest BCUT2D eigenvalue weighted by Gasteiger charge is 2.34. The van der Waals surface area contributed by atoms with E-state index in [2.05, 4.69) is 10.6 Å². The highest BCUT2D eigenvalue weighted by molar-refractivity contribution is 7.89. The van der Waals surface area contributed by atoms with Crippen molar-refractivity contribution in [2.45, 2.75) is 12.6 Å². The average Bonchev–Trinajstić information content (AvgIpc) is 2.91. The zero-order chi connectivity index (χ0) is 17.7. The normalized spacial score (nSPS) is 21.0. The van der Waals surface area contributed by atoms with Crippen LogP contribution in [0.2, 0.25) is 0 Å². The number of hydrogen-bond acceptors (Lipinski definition) is 4. The average molecular weight is 359 g/mol. The number of nitrogens with one attached hydrogen (secondary N) is 2. The quantitative estimate of drug-likeness (QED) is 0.776. The van der Waals surface area contributed by atoms with Crippen molar-refractivity contribution in [2.24, 2.45) is 5.92 Å². The number of rotatable bonds is 6. The van der Waals surface area contributed by atoms with E-state index in [-0.39, 0.29) is 43.3 Å². The van der Waals surface area contributed by atoms with E-state index < -0.39 is 16.1 Å². The Labute approximate surface area is 141 Å². The van der Waals surface area contributed by atoms with Crippen LogP contribution in [0.4, 0.5) is 9.18 Å². The summed E-state index contributed by atoms with van der Waals surface area (Å²) in [6.07, 6.45) is 0. The van der Waals surface area contributed by atoms with Crippen LogP contribution in [-0.4, -0.2) is 57.9 Å². The fraction of sp³-hybridized carbons (Fsp3) is 0.533. The molecule has 2 rings (SSSR count). The standard InChI is InChI=1S/C15H22FN3O4S/c1-19(2)24(21,22)10-12-8-23-9-14(12)18-15(20)17-7-11-4-3-5-13(16)6-11/h3-6,12,14H,7-10H2,1-2H3,(H2,17,18,20)/t12-,14+/m0/s1. The summed E-state index contributed by atoms with van der Waals surface area (Å²) in [7, 11) is -0.427. The van der Waals surface area contributed by atoms with Gasteiger partial charge in [0, 0.05) is 26.6 Å². The van der Waals surface area contributed by atoms with Crippen LogP contribution in [0.1, 0.15) is 5.56 Å². The smallest absolute Gasteiger partial charge is 0.315 e. The zero-order valence-electron chi connectivity index (χ0n) is 13.7. The Kier molecular flexibility index (Phi) is 6.14. The molecule has 2 N–H and O–H groups in total. The molecule has 0 aromatic heterocycles. The van der Waals surface area contributed by atoms with Crippen molar-refractivity contribution in [2.75, 3.05) is 33.1 Å². The summed E-state index contributed by atoms with van der Waals surface area (Å²) in [5.41, 5.74) is 0.638. The van der Waals surface area contributed by atoms with Crippen LogP contribution in [0.15, 0.2) is 24.3 Å². The third-order valence-corrected chi connectivity index (χ3v) is 5.80. The van der Waals surface area contributed by atoms with Crippen LogP contribution in [0.25, 0.3) is 0 Å². The van der Waals surface area contributed by atoms with Gasteiger partial charge in [0.1, 0.15) is 5.82 Å². The second-order valence-electron chi connectivity index (χ2n) is 5.92. The van der Waals surface area contributed by atoms with Gasteiger partial charge in [0.05, 0.1) is 25.0 Å². The van der Waals surface area contributed by atoms with E-state index in [9.17, 15) is 17.6 Å². The fourth-order valence-electron chi connectivity index (χ4n) is 2.39. The van der Waals surface area contributed by atoms with Crippen molar-refractivity contribution < 1.29 is 22.3 Å². The van der Waals surface area contributed by atoms with Crippen molar-refractivity contribution in [3.8, 4) is 0 Å². The highest BCUT2D eigenvalue weighted by atomic mass is 32.2. The summed E-state index contributed by atoms with van der Waals surface area (Å²) in [5.74, 6) is -0.764. The molecule has 1 aromatic rings. The van der Waals surface area contributed by atoms with Crippen LogP contribution in [0.5, 0.6) is 0 Å². The van der Waals surface area contributed by atoms with Gasteiger partial charge in [-0.15, -0.1) is 0 Å². The molecule has 0 radical (unpaired) electrons. The van der Waals surface area contributed by atoms with Crippen molar-refractivity contribution in [3.05, 3.63) is 35.6 Å². The van der Waals surface area contributed by atoms with E-state index >= 15 is 0 Å². The zero-order valence-corrected chi connectivity index (χ0v) is 14.5. The lowest BCUT2D eigenvalue weighted by Gasteiger charge is -2.21. The largest absolute Gasteiger partial charge is 0.379 e. The molecule has 0 saturated carbocycles. The predicted octanol–water partition coefficient (Wildman–Crippen LogP) is 0.531. The van der Waals surface area contributed by atoms with E-state index in [1.165, 1.54) is 26.2 Å². The van der Waals surface area contributed by atoms with Gasteiger partial charge in [-0.05, 0) is 17.7 Å². The molecule has 1 fully saturated rings. The molecule has 0 unspecified atom stereocenters. The number of benzene rings is 1. The molecule has 9 heteroatoms. The first-order valence-corrected chi connectivity index (χ1v) is 9.15. The predicted molar refractivity (Wildman–Crippen MR) is 87.3 cm³/mol. The Balaban J connectivity index is 1.86. The van der Waals surface area contributed by atoms with E-state index in [4.69, 9.17) is 4.74 Å². The van der Waals surface area contributed by atoms with Gasteiger partial charge >= 0.3 is 6.03 Å². The summed E-state index contributed by atoms with van der Waals surface area (Å²) in [6.45, 7) is 0.723. The molecule has 1 saturated heterocycles. The van der Waals surface area contributed by atoms with E-state index in [1.54, 1.807) is 12.1 Å². The van der Waals surface area contributed by atoms with Crippen molar-refractivity contribution in [1.29, 1.82) is 0 Å². The van der Waals surface area contributed by atoms with Gasteiger partial charge in [-0.25, -0.2) is 21.9 Å². The van der Waals surface area contributed by atoms with Gasteiger partial charge < -0.3 is 15.4 Å². The van der Waals surface area contributed by atoms with Gasteiger partial charge in [-0.2, -0.15) is 0 Å². The monoisotopic (exact) mass is 359 g/mol. The Morgan fingerprint density at radius 1 is 1.38 bits per heavy atom. The van der Waals surface area contributed by atoms with Crippen molar-refractivity contribution >= 4 is 16.1 Å². The maximum absolute atomic E-state index is 13.1. The number of carbonyl (C=O) groups is 1. The number of nitrogens with zero attached hydrogens (tertiary/aromatic N) is 1. The number of amides is 2. The highest BCUT2D eigenvalue weighted by Crippen LogP contribution is 2.17. The van der Waals surface area contributed by atoms with Gasteiger partial charge in [-0.3, -0.25) is 0 Å². The molecule has 0 aliphatic carbocycles. The molecular weight excluding hydrogens is 337 g/mol. The summed E-state index contributed by atoms with van der Waals surface area (Å²) < 4.78 is 43.5. The first kappa shape index (κ1) is 18.6. The molecule has 1 aliphatic rings. The Hall–Kier alpha value is -1.71. The summed E-state index contributed by atoms with van der Waals surface area (Å²) in [5, 5.41) is 5.35. The number of hydrogen-bond donors (Lipinski definition) is 2. The summed E-state index contributed by atoms with van der Waals surface area (Å²) in [6, 6.07) is 5.11. The topological polar surface area (TPSA) is 87.7 Å². The molecule has 0 bridgehead atoms. The lowest BCUT2D eigenvalue weighted by atomic mass is 10.1.